The van der Waals surface area contributed by atoms with Crippen LogP contribution in [0.25, 0.3) is 10.9 Å². The van der Waals surface area contributed by atoms with Gasteiger partial charge in [0.15, 0.2) is 0 Å². The number of ether oxygens (including phenoxy) is 1. The van der Waals surface area contributed by atoms with Crippen molar-refractivity contribution in [1.29, 1.82) is 0 Å². The number of carbonyl (C=O) groups excluding carboxylic acids is 2. The van der Waals surface area contributed by atoms with Crippen molar-refractivity contribution in [2.24, 2.45) is 7.05 Å². The van der Waals surface area contributed by atoms with Crippen LogP contribution in [-0.2, 0) is 23.0 Å². The third-order valence-corrected chi connectivity index (χ3v) is 3.83. The number of alkyl carbamates (subject to hydrolysis) is 1. The van der Waals surface area contributed by atoms with Crippen LogP contribution in [-0.4, -0.2) is 34.8 Å². The molecule has 0 fully saturated rings. The van der Waals surface area contributed by atoms with Crippen LogP contribution in [0.15, 0.2) is 43.1 Å². The summed E-state index contributed by atoms with van der Waals surface area (Å²) in [7, 11) is 1.96. The quantitative estimate of drug-likeness (QED) is 0.781. The molecule has 0 unspecified atom stereocenters. The van der Waals surface area contributed by atoms with Crippen molar-refractivity contribution in [3.05, 3.63) is 48.7 Å². The van der Waals surface area contributed by atoms with Gasteiger partial charge in [0, 0.05) is 37.1 Å². The molecule has 0 saturated carbocycles. The molecule has 1 aromatic heterocycles. The molecule has 0 spiro atoms. The van der Waals surface area contributed by atoms with Crippen molar-refractivity contribution < 1.29 is 14.3 Å². The molecule has 2 amide bonds. The highest BCUT2D eigenvalue weighted by molar-refractivity contribution is 5.88. The number of aryl methyl sites for hydroxylation is 1. The first kappa shape index (κ1) is 19.6. The Morgan fingerprint density at radius 2 is 2.00 bits per heavy atom. The van der Waals surface area contributed by atoms with Gasteiger partial charge >= 0.3 is 6.09 Å². The molecule has 2 aromatic rings. The number of carbonyl (C=O) groups is 2. The van der Waals surface area contributed by atoms with E-state index in [1.807, 2.05) is 42.1 Å². The summed E-state index contributed by atoms with van der Waals surface area (Å²) in [6, 6.07) is 7.22. The first-order valence-electron chi connectivity index (χ1n) is 8.62. The van der Waals surface area contributed by atoms with Gasteiger partial charge in [-0.05, 0) is 32.4 Å². The van der Waals surface area contributed by atoms with E-state index in [1.54, 1.807) is 26.8 Å². The number of hydrogen-bond acceptors (Lipinski definition) is 3. The molecule has 140 valence electrons. The number of aromatic nitrogens is 1. The maximum atomic E-state index is 12.5. The van der Waals surface area contributed by atoms with E-state index in [-0.39, 0.29) is 5.91 Å². The molecule has 0 aliphatic rings. The first-order chi connectivity index (χ1) is 12.2. The second kappa shape index (κ2) is 8.08. The molecule has 0 aliphatic carbocycles. The van der Waals surface area contributed by atoms with E-state index in [4.69, 9.17) is 4.74 Å². The van der Waals surface area contributed by atoms with Crippen LogP contribution in [0.1, 0.15) is 26.3 Å². The zero-order valence-corrected chi connectivity index (χ0v) is 15.8. The van der Waals surface area contributed by atoms with Gasteiger partial charge in [0.2, 0.25) is 5.91 Å². The largest absolute Gasteiger partial charge is 0.444 e. The Kier molecular flexibility index (Phi) is 6.08. The van der Waals surface area contributed by atoms with Crippen LogP contribution >= 0.6 is 0 Å². The number of nitrogens with zero attached hydrogens (tertiary/aromatic N) is 1. The van der Waals surface area contributed by atoms with Crippen molar-refractivity contribution in [1.82, 2.24) is 15.2 Å². The number of hydrogen-bond donors (Lipinski definition) is 2. The van der Waals surface area contributed by atoms with Gasteiger partial charge in [0.1, 0.15) is 11.6 Å². The van der Waals surface area contributed by atoms with E-state index in [1.165, 1.54) is 0 Å². The predicted molar refractivity (Wildman–Crippen MR) is 103 cm³/mol. The molecule has 1 atom stereocenters. The minimum atomic E-state index is -0.740. The van der Waals surface area contributed by atoms with E-state index >= 15 is 0 Å². The van der Waals surface area contributed by atoms with Crippen LogP contribution in [0.2, 0.25) is 0 Å². The summed E-state index contributed by atoms with van der Waals surface area (Å²) in [4.78, 5) is 24.7. The van der Waals surface area contributed by atoms with Crippen LogP contribution in [0, 0.1) is 0 Å². The summed E-state index contributed by atoms with van der Waals surface area (Å²) in [5.74, 6) is -0.274. The van der Waals surface area contributed by atoms with Gasteiger partial charge < -0.3 is 19.9 Å². The Bertz CT molecular complexity index is 802. The van der Waals surface area contributed by atoms with Crippen molar-refractivity contribution in [3.8, 4) is 0 Å². The molecular weight excluding hydrogens is 330 g/mol. The third-order valence-electron chi connectivity index (χ3n) is 3.83. The summed E-state index contributed by atoms with van der Waals surface area (Å²) in [5.41, 5.74) is 1.43. The zero-order chi connectivity index (χ0) is 19.3. The molecular formula is C20H27N3O3. The Morgan fingerprint density at radius 1 is 1.31 bits per heavy atom. The van der Waals surface area contributed by atoms with E-state index in [0.29, 0.717) is 13.0 Å². The fourth-order valence-electron chi connectivity index (χ4n) is 2.76. The molecule has 1 aromatic carbocycles. The minimum absolute atomic E-state index is 0.274. The van der Waals surface area contributed by atoms with E-state index in [0.717, 1.165) is 16.5 Å². The van der Waals surface area contributed by atoms with Gasteiger partial charge in [-0.1, -0.05) is 24.3 Å². The maximum absolute atomic E-state index is 12.5. The normalized spacial score (nSPS) is 12.5. The van der Waals surface area contributed by atoms with Crippen molar-refractivity contribution in [2.45, 2.75) is 38.8 Å². The Hall–Kier alpha value is -2.76. The molecule has 0 aliphatic heterocycles. The Morgan fingerprint density at radius 3 is 2.65 bits per heavy atom. The Balaban J connectivity index is 2.23. The standard InChI is InChI=1S/C20H27N3O3/c1-6-11-21-18(24)16(22-19(25)26-20(2,3)4)12-14-13-23(5)17-10-8-7-9-15(14)17/h6-10,13,16H,1,11-12H2,2-5H3,(H,21,24)(H,22,25)/t16-/m0/s1. The van der Waals surface area contributed by atoms with Crippen LogP contribution in [0.5, 0.6) is 0 Å². The summed E-state index contributed by atoms with van der Waals surface area (Å²) in [6.07, 6.45) is 3.33. The van der Waals surface area contributed by atoms with Crippen molar-refractivity contribution in [3.63, 3.8) is 0 Å². The molecule has 0 bridgehead atoms. The second-order valence-corrected chi connectivity index (χ2v) is 7.22. The summed E-state index contributed by atoms with van der Waals surface area (Å²) >= 11 is 0. The number of para-hydroxylation sites is 1. The highest BCUT2D eigenvalue weighted by atomic mass is 16.6. The van der Waals surface area contributed by atoms with Gasteiger partial charge in [0.05, 0.1) is 0 Å². The number of rotatable bonds is 6. The average Bonchev–Trinajstić information content (AvgIpc) is 2.87. The van der Waals surface area contributed by atoms with Crippen LogP contribution in [0.4, 0.5) is 4.79 Å². The van der Waals surface area contributed by atoms with E-state index < -0.39 is 17.7 Å². The molecule has 2 rings (SSSR count). The van der Waals surface area contributed by atoms with Gasteiger partial charge in [-0.15, -0.1) is 6.58 Å². The van der Waals surface area contributed by atoms with Crippen LogP contribution < -0.4 is 10.6 Å². The van der Waals surface area contributed by atoms with Crippen molar-refractivity contribution in [2.75, 3.05) is 6.54 Å². The fourth-order valence-corrected chi connectivity index (χ4v) is 2.76. The van der Waals surface area contributed by atoms with Crippen LogP contribution in [0.3, 0.4) is 0 Å². The average molecular weight is 357 g/mol. The minimum Gasteiger partial charge on any atom is -0.444 e. The molecule has 1 heterocycles. The van der Waals surface area contributed by atoms with Crippen molar-refractivity contribution >= 4 is 22.9 Å². The zero-order valence-electron chi connectivity index (χ0n) is 15.8. The molecule has 0 radical (unpaired) electrons. The molecule has 2 N–H and O–H groups in total. The number of fused-ring (bicyclic) bond motifs is 1. The number of benzene rings is 1. The lowest BCUT2D eigenvalue weighted by Gasteiger charge is -2.23. The van der Waals surface area contributed by atoms with E-state index in [9.17, 15) is 9.59 Å². The topological polar surface area (TPSA) is 72.4 Å². The number of amides is 2. The first-order valence-corrected chi connectivity index (χ1v) is 8.62. The lowest BCUT2D eigenvalue weighted by atomic mass is 10.0. The maximum Gasteiger partial charge on any atom is 0.408 e. The lowest BCUT2D eigenvalue weighted by molar-refractivity contribution is -0.122. The summed E-state index contributed by atoms with van der Waals surface area (Å²) in [6.45, 7) is 9.28. The van der Waals surface area contributed by atoms with Gasteiger partial charge in [-0.2, -0.15) is 0 Å². The smallest absolute Gasteiger partial charge is 0.408 e. The highest BCUT2D eigenvalue weighted by Gasteiger charge is 2.25. The summed E-state index contributed by atoms with van der Waals surface area (Å²) in [5, 5.41) is 6.49. The van der Waals surface area contributed by atoms with Gasteiger partial charge in [-0.25, -0.2) is 4.79 Å². The molecule has 6 nitrogen and oxygen atoms in total. The molecule has 26 heavy (non-hydrogen) atoms. The van der Waals surface area contributed by atoms with E-state index in [2.05, 4.69) is 17.2 Å². The lowest BCUT2D eigenvalue weighted by Crippen LogP contribution is -2.49. The molecule has 0 saturated heterocycles. The SMILES string of the molecule is C=CCNC(=O)[C@H](Cc1cn(C)c2ccccc12)NC(=O)OC(C)(C)C. The Labute approximate surface area is 154 Å². The monoisotopic (exact) mass is 357 g/mol. The predicted octanol–water partition coefficient (Wildman–Crippen LogP) is 2.92. The van der Waals surface area contributed by atoms with Gasteiger partial charge in [-0.3, -0.25) is 4.79 Å². The summed E-state index contributed by atoms with van der Waals surface area (Å²) < 4.78 is 7.31. The molecule has 6 heteroatoms. The second-order valence-electron chi connectivity index (χ2n) is 7.22. The fraction of sp³-hybridized carbons (Fsp3) is 0.400. The third kappa shape index (κ3) is 5.12. The number of nitrogens with one attached hydrogen (secondary N) is 2. The highest BCUT2D eigenvalue weighted by Crippen LogP contribution is 2.21. The van der Waals surface area contributed by atoms with Gasteiger partial charge in [0.25, 0.3) is 0 Å².